The predicted molar refractivity (Wildman–Crippen MR) is 48.0 cm³/mol. The van der Waals surface area contributed by atoms with E-state index in [9.17, 15) is 0 Å². The van der Waals surface area contributed by atoms with Crippen LogP contribution in [0.5, 0.6) is 0 Å². The summed E-state index contributed by atoms with van der Waals surface area (Å²) >= 11 is 0. The highest BCUT2D eigenvalue weighted by Crippen LogP contribution is 2.10. The topological polar surface area (TPSA) is 38.7 Å². The molecule has 0 aromatic rings. The van der Waals surface area contributed by atoms with Crippen LogP contribution in [0, 0.1) is 0 Å². The minimum atomic E-state index is -0.473. The zero-order chi connectivity index (χ0) is 9.45. The molecule has 0 aromatic carbocycles. The maximum Gasteiger partial charge on any atom is 0.162 e. The Labute approximate surface area is 74.7 Å². The van der Waals surface area contributed by atoms with Gasteiger partial charge < -0.3 is 14.6 Å². The summed E-state index contributed by atoms with van der Waals surface area (Å²) in [4.78, 5) is 0. The molecular weight excluding hydrogens is 156 g/mol. The van der Waals surface area contributed by atoms with Gasteiger partial charge in [0.15, 0.2) is 5.79 Å². The van der Waals surface area contributed by atoms with Gasteiger partial charge in [0.1, 0.15) is 0 Å². The highest BCUT2D eigenvalue weighted by atomic mass is 16.7. The number of hydrogen-bond acceptors (Lipinski definition) is 3. The van der Waals surface area contributed by atoms with Crippen LogP contribution in [0.4, 0.5) is 0 Å². The largest absolute Gasteiger partial charge is 0.396 e. The van der Waals surface area contributed by atoms with E-state index >= 15 is 0 Å². The van der Waals surface area contributed by atoms with E-state index in [1.807, 2.05) is 13.8 Å². The summed E-state index contributed by atoms with van der Waals surface area (Å²) < 4.78 is 10.5. The van der Waals surface area contributed by atoms with Gasteiger partial charge in [-0.15, -0.1) is 0 Å². The molecule has 0 amide bonds. The fourth-order valence-electron chi connectivity index (χ4n) is 0.768. The van der Waals surface area contributed by atoms with Gasteiger partial charge in [0.2, 0.25) is 0 Å². The number of unbranched alkanes of at least 4 members (excludes halogenated alkanes) is 2. The fourth-order valence-corrected chi connectivity index (χ4v) is 0.768. The first-order chi connectivity index (χ1) is 5.62. The van der Waals surface area contributed by atoms with Crippen molar-refractivity contribution in [3.05, 3.63) is 0 Å². The van der Waals surface area contributed by atoms with Gasteiger partial charge in [-0.25, -0.2) is 0 Å². The lowest BCUT2D eigenvalue weighted by Gasteiger charge is -2.23. The third kappa shape index (κ3) is 6.58. The summed E-state index contributed by atoms with van der Waals surface area (Å²) in [6.07, 6.45) is 2.85. The van der Waals surface area contributed by atoms with Crippen LogP contribution in [0.25, 0.3) is 0 Å². The van der Waals surface area contributed by atoms with Crippen molar-refractivity contribution in [3.63, 3.8) is 0 Å². The maximum absolute atomic E-state index is 8.51. The number of aliphatic hydroxyl groups is 1. The molecule has 0 aliphatic rings. The van der Waals surface area contributed by atoms with Gasteiger partial charge in [-0.05, 0) is 33.1 Å². The molecule has 0 heterocycles. The molecule has 3 nitrogen and oxygen atoms in total. The molecule has 0 fully saturated rings. The Hall–Kier alpha value is -0.120. The molecule has 0 saturated heterocycles. The molecule has 12 heavy (non-hydrogen) atoms. The van der Waals surface area contributed by atoms with Gasteiger partial charge in [0, 0.05) is 20.3 Å². The van der Waals surface area contributed by atoms with Gasteiger partial charge in [0.05, 0.1) is 0 Å². The number of methoxy groups -OCH3 is 1. The second-order valence-electron chi connectivity index (χ2n) is 3.24. The Bertz CT molecular complexity index is 102. The van der Waals surface area contributed by atoms with Crippen LogP contribution in [-0.2, 0) is 9.47 Å². The highest BCUT2D eigenvalue weighted by molar-refractivity contribution is 4.51. The second-order valence-corrected chi connectivity index (χ2v) is 3.24. The molecule has 0 radical (unpaired) electrons. The van der Waals surface area contributed by atoms with Gasteiger partial charge >= 0.3 is 0 Å². The van der Waals surface area contributed by atoms with Crippen molar-refractivity contribution in [1.82, 2.24) is 0 Å². The first kappa shape index (κ1) is 11.9. The quantitative estimate of drug-likeness (QED) is 0.472. The number of ether oxygens (including phenoxy) is 2. The lowest BCUT2D eigenvalue weighted by molar-refractivity contribution is -0.197. The molecule has 1 N–H and O–H groups in total. The van der Waals surface area contributed by atoms with Crippen LogP contribution in [0.3, 0.4) is 0 Å². The molecule has 0 aliphatic heterocycles. The molecule has 0 aromatic heterocycles. The summed E-state index contributed by atoms with van der Waals surface area (Å²) in [5, 5.41) is 8.51. The average Bonchev–Trinajstić information content (AvgIpc) is 2.04. The minimum Gasteiger partial charge on any atom is -0.396 e. The van der Waals surface area contributed by atoms with Crippen molar-refractivity contribution in [2.45, 2.75) is 38.9 Å². The number of rotatable bonds is 7. The van der Waals surface area contributed by atoms with E-state index in [2.05, 4.69) is 0 Å². The zero-order valence-electron chi connectivity index (χ0n) is 8.30. The lowest BCUT2D eigenvalue weighted by atomic mass is 10.2. The normalized spacial score (nSPS) is 12.0. The Kier molecular flexibility index (Phi) is 6.34. The van der Waals surface area contributed by atoms with E-state index in [1.165, 1.54) is 0 Å². The van der Waals surface area contributed by atoms with Crippen LogP contribution >= 0.6 is 0 Å². The van der Waals surface area contributed by atoms with E-state index in [0.29, 0.717) is 6.61 Å². The smallest absolute Gasteiger partial charge is 0.162 e. The van der Waals surface area contributed by atoms with E-state index < -0.39 is 5.79 Å². The van der Waals surface area contributed by atoms with Crippen molar-refractivity contribution in [3.8, 4) is 0 Å². The van der Waals surface area contributed by atoms with E-state index in [-0.39, 0.29) is 6.61 Å². The third-order valence-corrected chi connectivity index (χ3v) is 1.74. The fraction of sp³-hybridized carbons (Fsp3) is 1.00. The van der Waals surface area contributed by atoms with Crippen molar-refractivity contribution in [2.24, 2.45) is 0 Å². The monoisotopic (exact) mass is 176 g/mol. The van der Waals surface area contributed by atoms with Gasteiger partial charge in [-0.1, -0.05) is 0 Å². The van der Waals surface area contributed by atoms with Crippen molar-refractivity contribution >= 4 is 0 Å². The summed E-state index contributed by atoms with van der Waals surface area (Å²) in [5.74, 6) is -0.473. The van der Waals surface area contributed by atoms with Crippen LogP contribution in [0.15, 0.2) is 0 Å². The lowest BCUT2D eigenvalue weighted by Crippen LogP contribution is -2.27. The Morgan fingerprint density at radius 2 is 1.83 bits per heavy atom. The van der Waals surface area contributed by atoms with Crippen molar-refractivity contribution < 1.29 is 14.6 Å². The summed E-state index contributed by atoms with van der Waals surface area (Å²) in [5.41, 5.74) is 0. The van der Waals surface area contributed by atoms with Crippen LogP contribution in [-0.4, -0.2) is 31.2 Å². The maximum atomic E-state index is 8.51. The standard InChI is InChI=1S/C9H20O3/c1-9(2,11-3)12-8-6-4-5-7-10/h10H,4-8H2,1-3H3. The molecule has 0 atom stereocenters. The van der Waals surface area contributed by atoms with Gasteiger partial charge in [0.25, 0.3) is 0 Å². The molecular formula is C9H20O3. The Morgan fingerprint density at radius 1 is 1.17 bits per heavy atom. The van der Waals surface area contributed by atoms with Crippen LogP contribution in [0.1, 0.15) is 33.1 Å². The van der Waals surface area contributed by atoms with Gasteiger partial charge in [-0.3, -0.25) is 0 Å². The molecule has 0 unspecified atom stereocenters. The van der Waals surface area contributed by atoms with E-state index in [1.54, 1.807) is 7.11 Å². The number of hydrogen-bond donors (Lipinski definition) is 1. The number of aliphatic hydroxyl groups excluding tert-OH is 1. The summed E-state index contributed by atoms with van der Waals surface area (Å²) in [6.45, 7) is 4.74. The molecule has 74 valence electrons. The van der Waals surface area contributed by atoms with Crippen molar-refractivity contribution in [1.29, 1.82) is 0 Å². The second kappa shape index (κ2) is 6.40. The predicted octanol–water partition coefficient (Wildman–Crippen LogP) is 1.55. The van der Waals surface area contributed by atoms with Crippen LogP contribution < -0.4 is 0 Å². The molecule has 0 saturated carbocycles. The first-order valence-corrected chi connectivity index (χ1v) is 4.42. The minimum absolute atomic E-state index is 0.271. The molecule has 0 spiro atoms. The van der Waals surface area contributed by atoms with Gasteiger partial charge in [-0.2, -0.15) is 0 Å². The zero-order valence-corrected chi connectivity index (χ0v) is 8.30. The molecule has 0 aliphatic carbocycles. The SMILES string of the molecule is COC(C)(C)OCCCCCO. The first-order valence-electron chi connectivity index (χ1n) is 4.42. The molecule has 0 bridgehead atoms. The average molecular weight is 176 g/mol. The van der Waals surface area contributed by atoms with E-state index in [4.69, 9.17) is 14.6 Å². The Morgan fingerprint density at radius 3 is 2.33 bits per heavy atom. The van der Waals surface area contributed by atoms with Crippen LogP contribution in [0.2, 0.25) is 0 Å². The highest BCUT2D eigenvalue weighted by Gasteiger charge is 2.15. The Balaban J connectivity index is 3.19. The molecule has 3 heteroatoms. The van der Waals surface area contributed by atoms with Crippen molar-refractivity contribution in [2.75, 3.05) is 20.3 Å². The third-order valence-electron chi connectivity index (χ3n) is 1.74. The summed E-state index contributed by atoms with van der Waals surface area (Å²) in [7, 11) is 1.63. The van der Waals surface area contributed by atoms with E-state index in [0.717, 1.165) is 19.3 Å². The summed E-state index contributed by atoms with van der Waals surface area (Å²) in [6, 6.07) is 0. The molecule has 0 rings (SSSR count).